The average Bonchev–Trinajstić information content (AvgIpc) is 3.30. The first kappa shape index (κ1) is 22.5. The summed E-state index contributed by atoms with van der Waals surface area (Å²) in [5.74, 6) is 1.80. The van der Waals surface area contributed by atoms with E-state index in [2.05, 4.69) is 27.3 Å². The largest absolute Gasteiger partial charge is 0.369 e. The van der Waals surface area contributed by atoms with E-state index in [-0.39, 0.29) is 11.2 Å². The molecule has 1 saturated heterocycles. The van der Waals surface area contributed by atoms with Crippen molar-refractivity contribution < 1.29 is 4.79 Å². The zero-order valence-corrected chi connectivity index (χ0v) is 21.0. The molecule has 0 radical (unpaired) electrons. The Morgan fingerprint density at radius 2 is 1.82 bits per heavy atom. The topological polar surface area (TPSA) is 60.2 Å². The lowest BCUT2D eigenvalue weighted by molar-refractivity contribution is -0.120. The van der Waals surface area contributed by atoms with Crippen molar-refractivity contribution in [1.29, 1.82) is 5.26 Å². The molecule has 7 heteroatoms. The number of thiazole rings is 1. The van der Waals surface area contributed by atoms with Crippen molar-refractivity contribution in [3.05, 3.63) is 45.4 Å². The fourth-order valence-corrected chi connectivity index (χ4v) is 8.69. The number of rotatable bonds is 6. The first-order valence-electron chi connectivity index (χ1n) is 12.6. The van der Waals surface area contributed by atoms with E-state index in [4.69, 9.17) is 16.6 Å². The maximum absolute atomic E-state index is 13.2. The van der Waals surface area contributed by atoms with Crippen LogP contribution in [0, 0.1) is 29.1 Å². The Balaban J connectivity index is 1.10. The number of Topliss-reactive ketones (excluding diaryl/α,β-unsaturated/α-hetero) is 1. The number of carbonyl (C=O) groups excluding carboxylic acids is 1. The predicted octanol–water partition coefficient (Wildman–Crippen LogP) is 5.26. The van der Waals surface area contributed by atoms with Crippen LogP contribution >= 0.6 is 22.9 Å². The minimum Gasteiger partial charge on any atom is -0.369 e. The summed E-state index contributed by atoms with van der Waals surface area (Å²) < 4.78 is 0. The third kappa shape index (κ3) is 4.17. The van der Waals surface area contributed by atoms with Gasteiger partial charge in [-0.2, -0.15) is 5.26 Å². The maximum atomic E-state index is 13.2. The monoisotopic (exact) mass is 494 g/mol. The van der Waals surface area contributed by atoms with E-state index in [1.165, 1.54) is 55.6 Å². The standard InChI is InChI=1S/C27H31ClN4OS/c28-21-2-1-3-22(11-21)32-6-4-31(5-7-32)16-24(33)23(15-29)26-30-25(17-34-26)27-12-18-8-19(13-27)10-20(9-18)14-27/h1-3,11,17-20,23H,4-10,12-14,16H2/t18?,19?,20?,23-,27?/m0/s1. The number of carbonyl (C=O) groups is 1. The van der Waals surface area contributed by atoms with E-state index in [1.807, 2.05) is 18.2 Å². The molecular formula is C27H31ClN4OS. The second-order valence-electron chi connectivity index (χ2n) is 11.0. The number of hydrogen-bond donors (Lipinski definition) is 0. The van der Waals surface area contributed by atoms with Crippen LogP contribution in [0.15, 0.2) is 29.6 Å². The molecule has 178 valence electrons. The lowest BCUT2D eigenvalue weighted by Gasteiger charge is -2.56. The molecule has 1 aliphatic heterocycles. The van der Waals surface area contributed by atoms with Crippen molar-refractivity contribution >= 4 is 34.4 Å². The number of ketones is 1. The molecule has 5 aliphatic rings. The lowest BCUT2D eigenvalue weighted by atomic mass is 9.49. The van der Waals surface area contributed by atoms with Gasteiger partial charge in [0.2, 0.25) is 0 Å². The molecule has 0 spiro atoms. The molecule has 7 rings (SSSR count). The van der Waals surface area contributed by atoms with E-state index in [0.717, 1.165) is 54.6 Å². The van der Waals surface area contributed by atoms with Crippen LogP contribution in [0.4, 0.5) is 5.69 Å². The molecule has 4 bridgehead atoms. The number of anilines is 1. The van der Waals surface area contributed by atoms with Crippen LogP contribution in [0.25, 0.3) is 0 Å². The van der Waals surface area contributed by atoms with E-state index in [1.54, 1.807) is 0 Å². The van der Waals surface area contributed by atoms with Gasteiger partial charge in [0.15, 0.2) is 11.7 Å². The van der Waals surface area contributed by atoms with E-state index in [0.29, 0.717) is 11.6 Å². The van der Waals surface area contributed by atoms with Crippen LogP contribution in [-0.2, 0) is 10.2 Å². The summed E-state index contributed by atoms with van der Waals surface area (Å²) in [5.41, 5.74) is 2.51. The second-order valence-corrected chi connectivity index (χ2v) is 12.4. The van der Waals surface area contributed by atoms with Gasteiger partial charge in [-0.3, -0.25) is 9.69 Å². The van der Waals surface area contributed by atoms with Crippen molar-refractivity contribution in [2.75, 3.05) is 37.6 Å². The highest BCUT2D eigenvalue weighted by Crippen LogP contribution is 2.60. The molecule has 1 aromatic carbocycles. The highest BCUT2D eigenvalue weighted by atomic mass is 35.5. The molecule has 34 heavy (non-hydrogen) atoms. The van der Waals surface area contributed by atoms with Crippen LogP contribution in [0.1, 0.15) is 55.1 Å². The summed E-state index contributed by atoms with van der Waals surface area (Å²) in [6.45, 7) is 3.60. The highest BCUT2D eigenvalue weighted by molar-refractivity contribution is 7.10. The van der Waals surface area contributed by atoms with E-state index < -0.39 is 5.92 Å². The molecule has 2 heterocycles. The van der Waals surface area contributed by atoms with Gasteiger partial charge in [-0.05, 0) is 74.5 Å². The number of hydrogen-bond acceptors (Lipinski definition) is 6. The van der Waals surface area contributed by atoms with Crippen LogP contribution in [0.2, 0.25) is 5.02 Å². The first-order chi connectivity index (χ1) is 16.5. The molecular weight excluding hydrogens is 464 g/mol. The second kappa shape index (κ2) is 8.93. The van der Waals surface area contributed by atoms with Gasteiger partial charge >= 0.3 is 0 Å². The molecule has 4 saturated carbocycles. The first-order valence-corrected chi connectivity index (χ1v) is 13.9. The zero-order valence-electron chi connectivity index (χ0n) is 19.5. The Morgan fingerprint density at radius 3 is 2.44 bits per heavy atom. The summed E-state index contributed by atoms with van der Waals surface area (Å²) >= 11 is 7.67. The summed E-state index contributed by atoms with van der Waals surface area (Å²) in [6, 6.07) is 10.2. The van der Waals surface area contributed by atoms with Gasteiger partial charge in [-0.15, -0.1) is 11.3 Å². The third-order valence-electron chi connectivity index (χ3n) is 8.73. The number of halogens is 1. The van der Waals surface area contributed by atoms with Gasteiger partial charge < -0.3 is 4.90 Å². The number of benzene rings is 1. The summed E-state index contributed by atoms with van der Waals surface area (Å²) in [6.07, 6.45) is 7.97. The lowest BCUT2D eigenvalue weighted by Crippen LogP contribution is -2.48. The smallest absolute Gasteiger partial charge is 0.170 e. The summed E-state index contributed by atoms with van der Waals surface area (Å²) in [4.78, 5) is 22.6. The van der Waals surface area contributed by atoms with Crippen molar-refractivity contribution in [1.82, 2.24) is 9.88 Å². The van der Waals surface area contributed by atoms with Crippen LogP contribution in [-0.4, -0.2) is 48.4 Å². The van der Waals surface area contributed by atoms with Gasteiger partial charge in [0.25, 0.3) is 0 Å². The van der Waals surface area contributed by atoms with Gasteiger partial charge in [0.05, 0.1) is 18.3 Å². The normalized spacial score (nSPS) is 31.4. The highest BCUT2D eigenvalue weighted by Gasteiger charge is 2.52. The quantitative estimate of drug-likeness (QED) is 0.548. The summed E-state index contributed by atoms with van der Waals surface area (Å²) in [5, 5.41) is 13.5. The Labute approximate surface area is 210 Å². The van der Waals surface area contributed by atoms with Gasteiger partial charge in [-0.1, -0.05) is 17.7 Å². The number of aromatic nitrogens is 1. The van der Waals surface area contributed by atoms with Crippen molar-refractivity contribution in [3.8, 4) is 6.07 Å². The van der Waals surface area contributed by atoms with Gasteiger partial charge in [0.1, 0.15) is 5.01 Å². The molecule has 1 atom stereocenters. The molecule has 0 amide bonds. The molecule has 5 nitrogen and oxygen atoms in total. The van der Waals surface area contributed by atoms with Crippen molar-refractivity contribution in [2.45, 2.75) is 49.9 Å². The summed E-state index contributed by atoms with van der Waals surface area (Å²) in [7, 11) is 0. The predicted molar refractivity (Wildman–Crippen MR) is 135 cm³/mol. The van der Waals surface area contributed by atoms with E-state index in [9.17, 15) is 10.1 Å². The molecule has 1 aromatic heterocycles. The Hall–Kier alpha value is -1.94. The van der Waals surface area contributed by atoms with Gasteiger partial charge in [-0.25, -0.2) is 4.98 Å². The SMILES string of the molecule is N#C[C@@H](C(=O)CN1CCN(c2cccc(Cl)c2)CC1)c1nc(C23CC4CC(CC(C4)C2)C3)cs1. The third-order valence-corrected chi connectivity index (χ3v) is 9.87. The number of nitrogens with zero attached hydrogens (tertiary/aromatic N) is 4. The number of nitriles is 1. The Bertz CT molecular complexity index is 1080. The van der Waals surface area contributed by atoms with Crippen LogP contribution in [0.5, 0.6) is 0 Å². The average molecular weight is 495 g/mol. The van der Waals surface area contributed by atoms with Crippen molar-refractivity contribution in [2.24, 2.45) is 17.8 Å². The van der Waals surface area contributed by atoms with E-state index >= 15 is 0 Å². The molecule has 4 aliphatic carbocycles. The molecule has 5 fully saturated rings. The van der Waals surface area contributed by atoms with Crippen LogP contribution < -0.4 is 4.90 Å². The zero-order chi connectivity index (χ0) is 23.3. The van der Waals surface area contributed by atoms with Gasteiger partial charge in [0, 0.05) is 47.7 Å². The maximum Gasteiger partial charge on any atom is 0.170 e. The molecule has 2 aromatic rings. The fraction of sp³-hybridized carbons (Fsp3) is 0.593. The minimum atomic E-state index is -0.751. The Kier molecular flexibility index (Phi) is 5.91. The Morgan fingerprint density at radius 1 is 1.15 bits per heavy atom. The van der Waals surface area contributed by atoms with Crippen molar-refractivity contribution in [3.63, 3.8) is 0 Å². The molecule has 0 unspecified atom stereocenters. The molecule has 0 N–H and O–H groups in total. The number of piperazine rings is 1. The minimum absolute atomic E-state index is 0.0230. The van der Waals surface area contributed by atoms with Crippen LogP contribution in [0.3, 0.4) is 0 Å². The fourth-order valence-electron chi connectivity index (χ4n) is 7.50.